The summed E-state index contributed by atoms with van der Waals surface area (Å²) in [6, 6.07) is -0.645. The fraction of sp³-hybridized carbons (Fsp3) is 1.00. The van der Waals surface area contributed by atoms with Gasteiger partial charge < -0.3 is 25.8 Å². The standard InChI is InChI=1S/C6H13NO4/c1-2-3(7)4(8)5(9)6(10)11-2/h2-6,8-10H,7H2,1H3/t2-,3-,4+,5-,6-/m0/s1. The number of rotatable bonds is 0. The van der Waals surface area contributed by atoms with E-state index in [1.807, 2.05) is 0 Å². The average Bonchev–Trinajstić information content (AvgIpc) is 1.97. The molecule has 0 spiro atoms. The lowest BCUT2D eigenvalue weighted by Gasteiger charge is -2.37. The number of nitrogens with two attached hydrogens (primary N) is 1. The van der Waals surface area contributed by atoms with Crippen LogP contribution in [0.15, 0.2) is 0 Å². The van der Waals surface area contributed by atoms with Crippen LogP contribution in [0.1, 0.15) is 6.92 Å². The van der Waals surface area contributed by atoms with Gasteiger partial charge in [-0.15, -0.1) is 0 Å². The highest BCUT2D eigenvalue weighted by molar-refractivity contribution is 4.89. The molecule has 1 aliphatic rings. The molecule has 1 fully saturated rings. The highest BCUT2D eigenvalue weighted by Crippen LogP contribution is 2.17. The van der Waals surface area contributed by atoms with Gasteiger partial charge in [-0.2, -0.15) is 0 Å². The van der Waals surface area contributed by atoms with Gasteiger partial charge in [-0.05, 0) is 6.92 Å². The molecule has 5 nitrogen and oxygen atoms in total. The number of aliphatic hydroxyl groups is 3. The molecule has 0 aromatic heterocycles. The van der Waals surface area contributed by atoms with Crippen molar-refractivity contribution in [1.82, 2.24) is 0 Å². The van der Waals surface area contributed by atoms with Crippen molar-refractivity contribution < 1.29 is 20.1 Å². The lowest BCUT2D eigenvalue weighted by molar-refractivity contribution is -0.249. The zero-order chi connectivity index (χ0) is 8.59. The summed E-state index contributed by atoms with van der Waals surface area (Å²) in [6.07, 6.45) is -4.20. The van der Waals surface area contributed by atoms with Crippen LogP contribution in [0, 0.1) is 0 Å². The maximum Gasteiger partial charge on any atom is 0.183 e. The molecule has 5 N–H and O–H groups in total. The third-order valence-corrected chi connectivity index (χ3v) is 1.93. The maximum atomic E-state index is 9.17. The summed E-state index contributed by atoms with van der Waals surface area (Å²) < 4.78 is 4.80. The highest BCUT2D eigenvalue weighted by Gasteiger charge is 2.39. The predicted octanol–water partition coefficient (Wildman–Crippen LogP) is -2.23. The van der Waals surface area contributed by atoms with Crippen LogP contribution in [-0.4, -0.2) is 46.0 Å². The molecule has 5 atom stereocenters. The van der Waals surface area contributed by atoms with Crippen LogP contribution in [0.4, 0.5) is 0 Å². The average molecular weight is 163 g/mol. The molecule has 1 rings (SSSR count). The number of aliphatic hydroxyl groups excluding tert-OH is 3. The third-order valence-electron chi connectivity index (χ3n) is 1.93. The summed E-state index contributed by atoms with van der Waals surface area (Å²) in [6.45, 7) is 1.63. The molecule has 0 saturated carbocycles. The van der Waals surface area contributed by atoms with Gasteiger partial charge in [0.1, 0.15) is 12.2 Å². The van der Waals surface area contributed by atoms with E-state index in [2.05, 4.69) is 0 Å². The predicted molar refractivity (Wildman–Crippen MR) is 36.5 cm³/mol. The van der Waals surface area contributed by atoms with Gasteiger partial charge in [0, 0.05) is 0 Å². The zero-order valence-corrected chi connectivity index (χ0v) is 6.21. The Morgan fingerprint density at radius 3 is 2.27 bits per heavy atom. The van der Waals surface area contributed by atoms with E-state index < -0.39 is 30.6 Å². The molecule has 1 aliphatic heterocycles. The molecule has 0 amide bonds. The molecule has 0 aliphatic carbocycles. The van der Waals surface area contributed by atoms with E-state index in [-0.39, 0.29) is 0 Å². The van der Waals surface area contributed by atoms with Crippen LogP contribution >= 0.6 is 0 Å². The minimum absolute atomic E-state index is 0.441. The first-order valence-corrected chi connectivity index (χ1v) is 3.49. The van der Waals surface area contributed by atoms with E-state index in [1.54, 1.807) is 6.92 Å². The topological polar surface area (TPSA) is 95.9 Å². The second-order valence-corrected chi connectivity index (χ2v) is 2.79. The van der Waals surface area contributed by atoms with Crippen molar-refractivity contribution in [2.45, 2.75) is 37.6 Å². The molecule has 0 aromatic rings. The maximum absolute atomic E-state index is 9.17. The Labute approximate surface area is 64.4 Å². The van der Waals surface area contributed by atoms with Crippen molar-refractivity contribution in [2.24, 2.45) is 5.73 Å². The first-order valence-electron chi connectivity index (χ1n) is 3.49. The largest absolute Gasteiger partial charge is 0.388 e. The van der Waals surface area contributed by atoms with Crippen LogP contribution < -0.4 is 5.73 Å². The Hall–Kier alpha value is -0.200. The number of ether oxygens (including phenoxy) is 1. The van der Waals surface area contributed by atoms with Gasteiger partial charge in [-0.3, -0.25) is 0 Å². The summed E-state index contributed by atoms with van der Waals surface area (Å²) in [7, 11) is 0. The van der Waals surface area contributed by atoms with Gasteiger partial charge in [0.15, 0.2) is 6.29 Å². The van der Waals surface area contributed by atoms with E-state index in [0.717, 1.165) is 0 Å². The summed E-state index contributed by atoms with van der Waals surface area (Å²) in [5.74, 6) is 0. The zero-order valence-electron chi connectivity index (χ0n) is 6.21. The van der Waals surface area contributed by atoms with E-state index in [9.17, 15) is 5.11 Å². The van der Waals surface area contributed by atoms with Crippen molar-refractivity contribution in [2.75, 3.05) is 0 Å². The summed E-state index contributed by atoms with van der Waals surface area (Å²) in [5, 5.41) is 27.1. The Balaban J connectivity index is 2.63. The molecule has 1 saturated heterocycles. The molecular weight excluding hydrogens is 150 g/mol. The van der Waals surface area contributed by atoms with Gasteiger partial charge in [0.2, 0.25) is 0 Å². The minimum atomic E-state index is -1.33. The fourth-order valence-corrected chi connectivity index (χ4v) is 1.07. The fourth-order valence-electron chi connectivity index (χ4n) is 1.07. The van der Waals surface area contributed by atoms with Crippen LogP contribution in [0.3, 0.4) is 0 Å². The Kier molecular flexibility index (Phi) is 2.46. The monoisotopic (exact) mass is 163 g/mol. The van der Waals surface area contributed by atoms with E-state index in [1.165, 1.54) is 0 Å². The van der Waals surface area contributed by atoms with E-state index in [4.69, 9.17) is 20.7 Å². The first kappa shape index (κ1) is 8.89. The lowest BCUT2D eigenvalue weighted by Crippen LogP contribution is -2.60. The molecule has 0 aromatic carbocycles. The minimum Gasteiger partial charge on any atom is -0.388 e. The smallest absolute Gasteiger partial charge is 0.183 e. The molecule has 0 bridgehead atoms. The van der Waals surface area contributed by atoms with Crippen LogP contribution in [0.2, 0.25) is 0 Å². The van der Waals surface area contributed by atoms with Gasteiger partial charge in [-0.1, -0.05) is 0 Å². The van der Waals surface area contributed by atoms with Crippen molar-refractivity contribution >= 4 is 0 Å². The molecule has 66 valence electrons. The van der Waals surface area contributed by atoms with Crippen LogP contribution in [0.5, 0.6) is 0 Å². The number of hydrogen-bond donors (Lipinski definition) is 4. The summed E-state index contributed by atoms with van der Waals surface area (Å²) in [4.78, 5) is 0. The molecule has 1 heterocycles. The first-order chi connectivity index (χ1) is 5.04. The van der Waals surface area contributed by atoms with Gasteiger partial charge in [0.05, 0.1) is 12.1 Å². The summed E-state index contributed by atoms with van der Waals surface area (Å²) in [5.41, 5.74) is 5.43. The molecule has 5 heteroatoms. The Morgan fingerprint density at radius 1 is 1.18 bits per heavy atom. The summed E-state index contributed by atoms with van der Waals surface area (Å²) >= 11 is 0. The highest BCUT2D eigenvalue weighted by atomic mass is 16.6. The quantitative estimate of drug-likeness (QED) is 0.324. The molecule has 11 heavy (non-hydrogen) atoms. The van der Waals surface area contributed by atoms with Crippen molar-refractivity contribution in [3.63, 3.8) is 0 Å². The van der Waals surface area contributed by atoms with Crippen molar-refractivity contribution in [3.8, 4) is 0 Å². The SMILES string of the molecule is C[C@@H]1O[C@H](O)[C@@H](O)[C@H](O)[C@H]1N. The lowest BCUT2D eigenvalue weighted by atomic mass is 9.98. The molecule has 0 unspecified atom stereocenters. The van der Waals surface area contributed by atoms with Crippen LogP contribution in [-0.2, 0) is 4.74 Å². The van der Waals surface area contributed by atoms with Crippen LogP contribution in [0.25, 0.3) is 0 Å². The van der Waals surface area contributed by atoms with Gasteiger partial charge >= 0.3 is 0 Å². The van der Waals surface area contributed by atoms with E-state index >= 15 is 0 Å². The molecular formula is C6H13NO4. The molecule has 0 radical (unpaired) electrons. The van der Waals surface area contributed by atoms with Gasteiger partial charge in [-0.25, -0.2) is 0 Å². The third kappa shape index (κ3) is 1.52. The van der Waals surface area contributed by atoms with Crippen molar-refractivity contribution in [3.05, 3.63) is 0 Å². The van der Waals surface area contributed by atoms with Crippen molar-refractivity contribution in [1.29, 1.82) is 0 Å². The second-order valence-electron chi connectivity index (χ2n) is 2.79. The Morgan fingerprint density at radius 2 is 1.73 bits per heavy atom. The Bertz CT molecular complexity index is 129. The number of hydrogen-bond acceptors (Lipinski definition) is 5. The van der Waals surface area contributed by atoms with E-state index in [0.29, 0.717) is 0 Å². The normalized spacial score (nSPS) is 52.6. The second kappa shape index (κ2) is 3.04. The van der Waals surface area contributed by atoms with Gasteiger partial charge in [0.25, 0.3) is 0 Å².